The van der Waals surface area contributed by atoms with E-state index < -0.39 is 0 Å². The normalized spacial score (nSPS) is 10.9. The maximum absolute atomic E-state index is 4.17. The molecule has 0 aliphatic carbocycles. The first kappa shape index (κ1) is 21.8. The van der Waals surface area contributed by atoms with E-state index in [4.69, 9.17) is 0 Å². The van der Waals surface area contributed by atoms with E-state index in [9.17, 15) is 0 Å². The summed E-state index contributed by atoms with van der Waals surface area (Å²) >= 11 is 0. The molecule has 0 saturated heterocycles. The second kappa shape index (κ2) is 17.9. The molecule has 104 valence electrons. The van der Waals surface area contributed by atoms with E-state index in [-0.39, 0.29) is 0 Å². The van der Waals surface area contributed by atoms with Gasteiger partial charge in [0.25, 0.3) is 0 Å². The number of nitrogens with zero attached hydrogens (tertiary/aromatic N) is 2. The minimum atomic E-state index is 0.988. The Morgan fingerprint density at radius 3 is 1.72 bits per heavy atom. The smallest absolute Gasteiger partial charge is 0.0369 e. The molecular weight excluding hydrogens is 220 g/mol. The van der Waals surface area contributed by atoms with Crippen LogP contribution in [-0.2, 0) is 0 Å². The molecule has 0 rings (SSSR count). The average molecular weight is 250 g/mol. The Hall–Kier alpha value is -1.44. The molecule has 18 heavy (non-hydrogen) atoms. The van der Waals surface area contributed by atoms with E-state index in [0.29, 0.717) is 0 Å². The number of hydrogen-bond donors (Lipinski definition) is 0. The lowest BCUT2D eigenvalue weighted by Crippen LogP contribution is -1.79. The number of aliphatic imine (C=N–C) groups is 2. The molecule has 0 N–H and O–H groups in total. The highest BCUT2D eigenvalue weighted by molar-refractivity contribution is 5.93. The van der Waals surface area contributed by atoms with Crippen LogP contribution in [0.15, 0.2) is 46.7 Å². The summed E-state index contributed by atoms with van der Waals surface area (Å²) < 4.78 is 0. The molecule has 0 aromatic heterocycles. The maximum atomic E-state index is 4.17. The minimum Gasteiger partial charge on any atom is -0.263 e. The molecule has 0 atom stereocenters. The Kier molecular flexibility index (Phi) is 21.7. The Bertz CT molecular complexity index is 301. The topological polar surface area (TPSA) is 24.7 Å². The van der Waals surface area contributed by atoms with Crippen LogP contribution in [0.4, 0.5) is 0 Å². The standard InChI is InChI=1S/C7H13N.C7H11N.C2H6/c1-5-7(4)8-6(2)3;1-4-6-7(3)8-5-2;1-2/h5H,1-4H3;4-6H,2H2,1,3H3;1-2H3/b7-5-;6-4-,8-7?;. The van der Waals surface area contributed by atoms with E-state index in [1.54, 1.807) is 0 Å². The average Bonchev–Trinajstić information content (AvgIpc) is 2.32. The van der Waals surface area contributed by atoms with Crippen LogP contribution in [0, 0.1) is 0 Å². The highest BCUT2D eigenvalue weighted by Gasteiger charge is 1.78. The van der Waals surface area contributed by atoms with Crippen molar-refractivity contribution >= 4 is 11.4 Å². The summed E-state index contributed by atoms with van der Waals surface area (Å²) in [5.74, 6) is 0. The molecule has 0 radical (unpaired) electrons. The molecule has 0 unspecified atom stereocenters. The van der Waals surface area contributed by atoms with E-state index in [1.165, 1.54) is 6.20 Å². The van der Waals surface area contributed by atoms with Gasteiger partial charge in [0.2, 0.25) is 0 Å². The Morgan fingerprint density at radius 1 is 1.00 bits per heavy atom. The SMILES string of the molecule is C/C=C(/C)N=C(C)C.C=CN=C(C)/C=C\C.CC. The molecule has 0 aliphatic rings. The zero-order chi connectivity index (χ0) is 15.0. The van der Waals surface area contributed by atoms with Crippen LogP contribution in [0.25, 0.3) is 0 Å². The van der Waals surface area contributed by atoms with E-state index in [0.717, 1.165) is 17.1 Å². The van der Waals surface area contributed by atoms with Crippen molar-refractivity contribution in [3.63, 3.8) is 0 Å². The molecule has 0 saturated carbocycles. The third kappa shape index (κ3) is 24.0. The fourth-order valence-electron chi connectivity index (χ4n) is 0.845. The number of hydrogen-bond acceptors (Lipinski definition) is 2. The maximum Gasteiger partial charge on any atom is 0.0369 e. The molecule has 0 aromatic rings. The van der Waals surface area contributed by atoms with Gasteiger partial charge < -0.3 is 0 Å². The van der Waals surface area contributed by atoms with Gasteiger partial charge in [-0.05, 0) is 47.6 Å². The fourth-order valence-corrected chi connectivity index (χ4v) is 0.845. The lowest BCUT2D eigenvalue weighted by molar-refractivity contribution is 1.27. The molecule has 0 fully saturated rings. The summed E-state index contributed by atoms with van der Waals surface area (Å²) in [5.41, 5.74) is 3.19. The van der Waals surface area contributed by atoms with Crippen molar-refractivity contribution in [2.45, 2.75) is 55.4 Å². The number of allylic oxidation sites excluding steroid dienone is 4. The van der Waals surface area contributed by atoms with Crippen LogP contribution >= 0.6 is 0 Å². The lowest BCUT2D eigenvalue weighted by atomic mass is 10.4. The van der Waals surface area contributed by atoms with Gasteiger partial charge in [-0.25, -0.2) is 0 Å². The van der Waals surface area contributed by atoms with Crippen LogP contribution in [0.1, 0.15) is 55.4 Å². The third-order valence-corrected chi connectivity index (χ3v) is 1.52. The van der Waals surface area contributed by atoms with Crippen molar-refractivity contribution in [3.8, 4) is 0 Å². The van der Waals surface area contributed by atoms with Gasteiger partial charge in [0.15, 0.2) is 0 Å². The van der Waals surface area contributed by atoms with Crippen LogP contribution in [0.5, 0.6) is 0 Å². The summed E-state index contributed by atoms with van der Waals surface area (Å²) in [5, 5.41) is 0. The van der Waals surface area contributed by atoms with Gasteiger partial charge in [-0.2, -0.15) is 0 Å². The fraction of sp³-hybridized carbons (Fsp3) is 0.500. The first-order chi connectivity index (χ1) is 8.47. The second-order valence-corrected chi connectivity index (χ2v) is 3.44. The molecule has 0 spiro atoms. The molecular formula is C16H30N2. The first-order valence-corrected chi connectivity index (χ1v) is 6.40. The Morgan fingerprint density at radius 2 is 1.50 bits per heavy atom. The summed E-state index contributed by atoms with van der Waals surface area (Å²) in [6.07, 6.45) is 7.41. The van der Waals surface area contributed by atoms with Crippen LogP contribution in [0.2, 0.25) is 0 Å². The summed E-state index contributed by atoms with van der Waals surface area (Å²) in [4.78, 5) is 8.08. The van der Waals surface area contributed by atoms with Crippen LogP contribution < -0.4 is 0 Å². The zero-order valence-electron chi connectivity index (χ0n) is 13.4. The predicted molar refractivity (Wildman–Crippen MR) is 87.7 cm³/mol. The van der Waals surface area contributed by atoms with Crippen molar-refractivity contribution in [2.24, 2.45) is 9.98 Å². The largest absolute Gasteiger partial charge is 0.263 e. The zero-order valence-corrected chi connectivity index (χ0v) is 13.4. The summed E-state index contributed by atoms with van der Waals surface area (Å²) in [6, 6.07) is 0. The molecule has 0 heterocycles. The second-order valence-electron chi connectivity index (χ2n) is 3.44. The Labute approximate surface area is 114 Å². The minimum absolute atomic E-state index is 0.988. The molecule has 2 nitrogen and oxygen atoms in total. The van der Waals surface area contributed by atoms with Gasteiger partial charge >= 0.3 is 0 Å². The van der Waals surface area contributed by atoms with Crippen molar-refractivity contribution in [1.29, 1.82) is 0 Å². The monoisotopic (exact) mass is 250 g/mol. The van der Waals surface area contributed by atoms with Gasteiger partial charge in [-0.15, -0.1) is 0 Å². The Balaban J connectivity index is -0.000000219. The van der Waals surface area contributed by atoms with Gasteiger partial charge in [0.1, 0.15) is 0 Å². The van der Waals surface area contributed by atoms with Crippen molar-refractivity contribution in [2.75, 3.05) is 0 Å². The van der Waals surface area contributed by atoms with Crippen molar-refractivity contribution in [1.82, 2.24) is 0 Å². The molecule has 0 amide bonds. The first-order valence-electron chi connectivity index (χ1n) is 6.40. The lowest BCUT2D eigenvalue weighted by Gasteiger charge is -1.88. The van der Waals surface area contributed by atoms with Gasteiger partial charge in [-0.3, -0.25) is 9.98 Å². The predicted octanol–water partition coefficient (Wildman–Crippen LogP) is 5.58. The molecule has 2 heteroatoms. The number of rotatable bonds is 3. The van der Waals surface area contributed by atoms with E-state index in [1.807, 2.05) is 73.6 Å². The molecule has 0 aliphatic heterocycles. The third-order valence-electron chi connectivity index (χ3n) is 1.52. The van der Waals surface area contributed by atoms with E-state index in [2.05, 4.69) is 16.6 Å². The van der Waals surface area contributed by atoms with Gasteiger partial charge in [0.05, 0.1) is 0 Å². The summed E-state index contributed by atoms with van der Waals surface area (Å²) in [7, 11) is 0. The van der Waals surface area contributed by atoms with Crippen LogP contribution in [0.3, 0.4) is 0 Å². The van der Waals surface area contributed by atoms with Crippen LogP contribution in [-0.4, -0.2) is 11.4 Å². The molecule has 0 aromatic carbocycles. The highest BCUT2D eigenvalue weighted by Crippen LogP contribution is 1.92. The van der Waals surface area contributed by atoms with Gasteiger partial charge in [-0.1, -0.05) is 32.6 Å². The highest BCUT2D eigenvalue weighted by atomic mass is 14.7. The van der Waals surface area contributed by atoms with E-state index >= 15 is 0 Å². The van der Waals surface area contributed by atoms with Crippen molar-refractivity contribution in [3.05, 3.63) is 36.7 Å². The quantitative estimate of drug-likeness (QED) is 0.584. The molecule has 0 bridgehead atoms. The van der Waals surface area contributed by atoms with Gasteiger partial charge in [0, 0.05) is 23.3 Å². The van der Waals surface area contributed by atoms with Crippen molar-refractivity contribution < 1.29 is 0 Å². The summed E-state index contributed by atoms with van der Waals surface area (Å²) in [6.45, 7) is 19.3.